The molecule has 16 heavy (non-hydrogen) atoms. The van der Waals surface area contributed by atoms with Crippen LogP contribution in [0.2, 0.25) is 0 Å². The number of benzene rings is 1. The van der Waals surface area contributed by atoms with Gasteiger partial charge in [-0.15, -0.1) is 0 Å². The normalized spacial score (nSPS) is 11.8. The summed E-state index contributed by atoms with van der Waals surface area (Å²) in [5.74, 6) is -0.0459. The van der Waals surface area contributed by atoms with Gasteiger partial charge in [0.15, 0.2) is 0 Å². The number of rotatable bonds is 3. The molecule has 0 aliphatic carbocycles. The molecule has 0 aromatic heterocycles. The third-order valence-corrected chi connectivity index (χ3v) is 2.68. The molecule has 1 rings (SSSR count). The van der Waals surface area contributed by atoms with Gasteiger partial charge < -0.3 is 5.32 Å². The van der Waals surface area contributed by atoms with Crippen molar-refractivity contribution in [1.29, 1.82) is 0 Å². The summed E-state index contributed by atoms with van der Waals surface area (Å²) < 4.78 is 1.04. The summed E-state index contributed by atoms with van der Waals surface area (Å²) in [6, 6.07) is 7.96. The summed E-state index contributed by atoms with van der Waals surface area (Å²) in [4.78, 5) is 11.5. The number of halogens is 1. The number of amides is 1. The molecule has 2 nitrogen and oxygen atoms in total. The molecule has 0 spiro atoms. The van der Waals surface area contributed by atoms with Crippen molar-refractivity contribution in [3.05, 3.63) is 46.0 Å². The molecule has 0 fully saturated rings. The van der Waals surface area contributed by atoms with E-state index in [2.05, 4.69) is 21.2 Å². The fourth-order valence-electron chi connectivity index (χ4n) is 1.35. The standard InChI is InChI=1S/C13H16BrNO/c1-9(2)8-13(16)15-10(3)11-4-6-12(14)7-5-11/h4-8,10H,1-3H3,(H,15,16)/t10-/m1/s1. The fraction of sp³-hybridized carbons (Fsp3) is 0.308. The van der Waals surface area contributed by atoms with Gasteiger partial charge in [-0.25, -0.2) is 0 Å². The van der Waals surface area contributed by atoms with Crippen molar-refractivity contribution in [3.63, 3.8) is 0 Å². The first-order valence-electron chi connectivity index (χ1n) is 5.20. The second-order valence-corrected chi connectivity index (χ2v) is 4.92. The maximum absolute atomic E-state index is 11.5. The van der Waals surface area contributed by atoms with Gasteiger partial charge in [0.25, 0.3) is 0 Å². The Morgan fingerprint density at radius 2 is 1.88 bits per heavy atom. The van der Waals surface area contributed by atoms with Crippen LogP contribution in [0, 0.1) is 0 Å². The van der Waals surface area contributed by atoms with E-state index >= 15 is 0 Å². The van der Waals surface area contributed by atoms with Crippen LogP contribution in [0.25, 0.3) is 0 Å². The SMILES string of the molecule is CC(C)=CC(=O)N[C@H](C)c1ccc(Br)cc1. The predicted octanol–water partition coefficient (Wildman–Crippen LogP) is 3.59. The maximum Gasteiger partial charge on any atom is 0.244 e. The Hall–Kier alpha value is -1.09. The van der Waals surface area contributed by atoms with Crippen molar-refractivity contribution < 1.29 is 4.79 Å². The van der Waals surface area contributed by atoms with E-state index < -0.39 is 0 Å². The Morgan fingerprint density at radius 1 is 1.31 bits per heavy atom. The lowest BCUT2D eigenvalue weighted by Crippen LogP contribution is -2.24. The van der Waals surface area contributed by atoms with E-state index in [0.717, 1.165) is 15.6 Å². The van der Waals surface area contributed by atoms with Crippen LogP contribution >= 0.6 is 15.9 Å². The summed E-state index contributed by atoms with van der Waals surface area (Å²) in [6.45, 7) is 5.79. The first-order chi connectivity index (χ1) is 7.49. The van der Waals surface area contributed by atoms with E-state index in [1.807, 2.05) is 45.0 Å². The molecule has 1 amide bonds. The summed E-state index contributed by atoms with van der Waals surface area (Å²) >= 11 is 3.38. The van der Waals surface area contributed by atoms with Gasteiger partial charge in [0.05, 0.1) is 6.04 Å². The molecule has 0 saturated carbocycles. The van der Waals surface area contributed by atoms with E-state index in [9.17, 15) is 4.79 Å². The number of allylic oxidation sites excluding steroid dienone is 1. The summed E-state index contributed by atoms with van der Waals surface area (Å²) in [6.07, 6.45) is 1.61. The zero-order valence-electron chi connectivity index (χ0n) is 9.75. The number of hydrogen-bond donors (Lipinski definition) is 1. The molecule has 1 aromatic carbocycles. The summed E-state index contributed by atoms with van der Waals surface area (Å²) in [7, 11) is 0. The minimum atomic E-state index is -0.0459. The highest BCUT2D eigenvalue weighted by Gasteiger charge is 2.07. The summed E-state index contributed by atoms with van der Waals surface area (Å²) in [5.41, 5.74) is 2.10. The van der Waals surface area contributed by atoms with Gasteiger partial charge in [0.1, 0.15) is 0 Å². The average molecular weight is 282 g/mol. The topological polar surface area (TPSA) is 29.1 Å². The Balaban J connectivity index is 2.65. The van der Waals surface area contributed by atoms with E-state index in [0.29, 0.717) is 0 Å². The molecule has 0 aliphatic rings. The molecule has 0 unspecified atom stereocenters. The van der Waals surface area contributed by atoms with Crippen LogP contribution in [0.3, 0.4) is 0 Å². The van der Waals surface area contributed by atoms with Crippen LogP contribution < -0.4 is 5.32 Å². The van der Waals surface area contributed by atoms with Crippen LogP contribution in [0.1, 0.15) is 32.4 Å². The van der Waals surface area contributed by atoms with E-state index in [1.165, 1.54) is 0 Å². The monoisotopic (exact) mass is 281 g/mol. The minimum Gasteiger partial charge on any atom is -0.346 e. The van der Waals surface area contributed by atoms with E-state index in [4.69, 9.17) is 0 Å². The molecule has 1 N–H and O–H groups in total. The molecule has 0 bridgehead atoms. The minimum absolute atomic E-state index is 0.0243. The molecule has 1 atom stereocenters. The fourth-order valence-corrected chi connectivity index (χ4v) is 1.62. The quantitative estimate of drug-likeness (QED) is 0.843. The van der Waals surface area contributed by atoms with E-state index in [1.54, 1.807) is 6.08 Å². The Labute approximate surface area is 105 Å². The average Bonchev–Trinajstić information content (AvgIpc) is 2.16. The van der Waals surface area contributed by atoms with Gasteiger partial charge in [0.2, 0.25) is 5.91 Å². The van der Waals surface area contributed by atoms with Gasteiger partial charge in [-0.05, 0) is 38.5 Å². The van der Waals surface area contributed by atoms with Gasteiger partial charge in [0, 0.05) is 10.5 Å². The summed E-state index contributed by atoms with van der Waals surface area (Å²) in [5, 5.41) is 2.92. The van der Waals surface area contributed by atoms with Crippen molar-refractivity contribution in [2.75, 3.05) is 0 Å². The van der Waals surface area contributed by atoms with Crippen molar-refractivity contribution in [1.82, 2.24) is 5.32 Å². The van der Waals surface area contributed by atoms with Crippen molar-refractivity contribution in [2.45, 2.75) is 26.8 Å². The van der Waals surface area contributed by atoms with Crippen LogP contribution in [0.15, 0.2) is 40.4 Å². The zero-order valence-corrected chi connectivity index (χ0v) is 11.3. The molecule has 86 valence electrons. The maximum atomic E-state index is 11.5. The van der Waals surface area contributed by atoms with Crippen LogP contribution in [-0.4, -0.2) is 5.91 Å². The van der Waals surface area contributed by atoms with Crippen molar-refractivity contribution >= 4 is 21.8 Å². The van der Waals surface area contributed by atoms with Crippen LogP contribution in [0.5, 0.6) is 0 Å². The lowest BCUT2D eigenvalue weighted by Gasteiger charge is -2.13. The highest BCUT2D eigenvalue weighted by molar-refractivity contribution is 9.10. The van der Waals surface area contributed by atoms with E-state index in [-0.39, 0.29) is 11.9 Å². The molecule has 1 aromatic rings. The van der Waals surface area contributed by atoms with Crippen molar-refractivity contribution in [2.24, 2.45) is 0 Å². The van der Waals surface area contributed by atoms with Crippen LogP contribution in [-0.2, 0) is 4.79 Å². The molecule has 0 saturated heterocycles. The Kier molecular flexibility index (Phi) is 4.74. The smallest absolute Gasteiger partial charge is 0.244 e. The van der Waals surface area contributed by atoms with Crippen LogP contribution in [0.4, 0.5) is 0 Å². The highest BCUT2D eigenvalue weighted by atomic mass is 79.9. The number of carbonyl (C=O) groups is 1. The molecule has 0 heterocycles. The molecule has 0 aliphatic heterocycles. The lowest BCUT2D eigenvalue weighted by atomic mass is 10.1. The largest absolute Gasteiger partial charge is 0.346 e. The third-order valence-electron chi connectivity index (χ3n) is 2.15. The third kappa shape index (κ3) is 4.19. The first kappa shape index (κ1) is 13.0. The highest BCUT2D eigenvalue weighted by Crippen LogP contribution is 2.16. The second-order valence-electron chi connectivity index (χ2n) is 4.00. The second kappa shape index (κ2) is 5.85. The molecule has 3 heteroatoms. The first-order valence-corrected chi connectivity index (χ1v) is 5.99. The van der Waals surface area contributed by atoms with Gasteiger partial charge >= 0.3 is 0 Å². The van der Waals surface area contributed by atoms with Gasteiger partial charge in [-0.3, -0.25) is 4.79 Å². The van der Waals surface area contributed by atoms with Gasteiger partial charge in [-0.1, -0.05) is 33.6 Å². The molecule has 0 radical (unpaired) electrons. The predicted molar refractivity (Wildman–Crippen MR) is 70.1 cm³/mol. The van der Waals surface area contributed by atoms with Gasteiger partial charge in [-0.2, -0.15) is 0 Å². The molecular weight excluding hydrogens is 266 g/mol. The lowest BCUT2D eigenvalue weighted by molar-refractivity contribution is -0.117. The number of carbonyl (C=O) groups excluding carboxylic acids is 1. The Morgan fingerprint density at radius 3 is 2.38 bits per heavy atom. The number of hydrogen-bond acceptors (Lipinski definition) is 1. The molecular formula is C13H16BrNO. The number of nitrogens with one attached hydrogen (secondary N) is 1. The Bertz CT molecular complexity index is 391. The zero-order chi connectivity index (χ0) is 12.1. The van der Waals surface area contributed by atoms with Crippen molar-refractivity contribution in [3.8, 4) is 0 Å².